The van der Waals surface area contributed by atoms with Gasteiger partial charge in [0, 0.05) is 5.92 Å². The summed E-state index contributed by atoms with van der Waals surface area (Å²) in [6.45, 7) is 2.01. The molecule has 0 atom stereocenters. The molecule has 0 spiro atoms. The standard InChI is InChI=1S/C25H23N7O3S/c1-2-36(34,35)20-5-3-4-17(12-20)18-8-10-21-22(13-18)31(30-28-21)14-19-9-11-24-26-23(15-32(24)29-19)27-25(33)16-6-7-16/h3-5,8-13,15-16H,2,6-7,14H2,1H3,(H,27,33). The number of carbonyl (C=O) groups is 1. The molecule has 1 fully saturated rings. The van der Waals surface area contributed by atoms with Gasteiger partial charge in [0.2, 0.25) is 5.91 Å². The Bertz CT molecular complexity index is 1740. The molecule has 1 aliphatic carbocycles. The lowest BCUT2D eigenvalue weighted by Gasteiger charge is -2.07. The second kappa shape index (κ2) is 8.52. The topological polar surface area (TPSA) is 124 Å². The van der Waals surface area contributed by atoms with Crippen molar-refractivity contribution in [2.45, 2.75) is 31.2 Å². The fraction of sp³-hybridized carbons (Fsp3) is 0.240. The van der Waals surface area contributed by atoms with Gasteiger partial charge >= 0.3 is 0 Å². The van der Waals surface area contributed by atoms with Gasteiger partial charge in [-0.3, -0.25) is 4.79 Å². The summed E-state index contributed by atoms with van der Waals surface area (Å²) in [5.41, 5.74) is 4.59. The molecule has 3 aromatic heterocycles. The predicted octanol–water partition coefficient (Wildman–Crippen LogP) is 3.33. The Labute approximate surface area is 206 Å². The minimum atomic E-state index is -3.30. The predicted molar refractivity (Wildman–Crippen MR) is 134 cm³/mol. The summed E-state index contributed by atoms with van der Waals surface area (Å²) in [4.78, 5) is 16.8. The number of sulfone groups is 1. The third-order valence-corrected chi connectivity index (χ3v) is 8.04. The highest BCUT2D eigenvalue weighted by atomic mass is 32.2. The number of benzene rings is 2. The van der Waals surface area contributed by atoms with Crippen molar-refractivity contribution in [3.63, 3.8) is 0 Å². The Morgan fingerprint density at radius 1 is 1.08 bits per heavy atom. The van der Waals surface area contributed by atoms with Crippen molar-refractivity contribution in [3.05, 3.63) is 66.5 Å². The minimum Gasteiger partial charge on any atom is -0.309 e. The molecule has 5 aromatic rings. The van der Waals surface area contributed by atoms with E-state index in [1.807, 2.05) is 36.4 Å². The zero-order valence-corrected chi connectivity index (χ0v) is 20.3. The summed E-state index contributed by atoms with van der Waals surface area (Å²) in [5, 5.41) is 16.0. The molecule has 182 valence electrons. The van der Waals surface area contributed by atoms with Crippen molar-refractivity contribution in [1.82, 2.24) is 29.6 Å². The number of fused-ring (bicyclic) bond motifs is 2. The highest BCUT2D eigenvalue weighted by molar-refractivity contribution is 7.91. The number of carbonyl (C=O) groups excluding carboxylic acids is 1. The zero-order chi connectivity index (χ0) is 24.9. The summed E-state index contributed by atoms with van der Waals surface area (Å²) in [5.74, 6) is 0.637. The van der Waals surface area contributed by atoms with Crippen LogP contribution in [0.3, 0.4) is 0 Å². The molecule has 11 heteroatoms. The van der Waals surface area contributed by atoms with E-state index in [0.717, 1.165) is 40.7 Å². The first kappa shape index (κ1) is 22.4. The number of anilines is 1. The molecule has 1 amide bonds. The van der Waals surface area contributed by atoms with E-state index in [2.05, 4.69) is 25.7 Å². The highest BCUT2D eigenvalue weighted by Gasteiger charge is 2.30. The average Bonchev–Trinajstić information content (AvgIpc) is 3.56. The van der Waals surface area contributed by atoms with Crippen LogP contribution in [0.25, 0.3) is 27.8 Å². The van der Waals surface area contributed by atoms with E-state index in [1.54, 1.807) is 40.5 Å². The van der Waals surface area contributed by atoms with Gasteiger partial charge in [0.25, 0.3) is 0 Å². The number of imidazole rings is 1. The first-order valence-corrected chi connectivity index (χ1v) is 13.4. The van der Waals surface area contributed by atoms with Gasteiger partial charge in [-0.05, 0) is 60.4 Å². The van der Waals surface area contributed by atoms with Gasteiger partial charge in [-0.25, -0.2) is 22.6 Å². The van der Waals surface area contributed by atoms with Gasteiger partial charge in [-0.1, -0.05) is 30.3 Å². The van der Waals surface area contributed by atoms with Crippen LogP contribution in [0, 0.1) is 5.92 Å². The van der Waals surface area contributed by atoms with Crippen LogP contribution in [-0.2, 0) is 21.2 Å². The monoisotopic (exact) mass is 501 g/mol. The largest absolute Gasteiger partial charge is 0.309 e. The van der Waals surface area contributed by atoms with Gasteiger partial charge in [0.05, 0.1) is 34.6 Å². The molecule has 2 aromatic carbocycles. The Balaban J connectivity index is 1.29. The van der Waals surface area contributed by atoms with E-state index in [4.69, 9.17) is 0 Å². The van der Waals surface area contributed by atoms with Crippen molar-refractivity contribution < 1.29 is 13.2 Å². The minimum absolute atomic E-state index is 0.00125. The van der Waals surface area contributed by atoms with Crippen molar-refractivity contribution in [1.29, 1.82) is 0 Å². The molecule has 0 aliphatic heterocycles. The Kier molecular flexibility index (Phi) is 5.29. The van der Waals surface area contributed by atoms with Crippen molar-refractivity contribution in [2.24, 2.45) is 5.92 Å². The fourth-order valence-electron chi connectivity index (χ4n) is 4.09. The van der Waals surface area contributed by atoms with Crippen molar-refractivity contribution in [3.8, 4) is 11.1 Å². The summed E-state index contributed by atoms with van der Waals surface area (Å²) in [7, 11) is -3.30. The number of nitrogens with zero attached hydrogens (tertiary/aromatic N) is 6. The molecule has 6 rings (SSSR count). The first-order valence-electron chi connectivity index (χ1n) is 11.7. The SMILES string of the molecule is CCS(=O)(=O)c1cccc(-c2ccc3nnn(Cc4ccc5nc(NC(=O)C6CC6)cn5n4)c3c2)c1. The van der Waals surface area contributed by atoms with E-state index in [-0.39, 0.29) is 17.6 Å². The average molecular weight is 502 g/mol. The van der Waals surface area contributed by atoms with Gasteiger partial charge in [-0.2, -0.15) is 5.10 Å². The number of amides is 1. The molecule has 1 N–H and O–H groups in total. The maximum atomic E-state index is 12.3. The summed E-state index contributed by atoms with van der Waals surface area (Å²) in [6, 6.07) is 16.4. The molecule has 0 bridgehead atoms. The Hall–Kier alpha value is -4.12. The lowest BCUT2D eigenvalue weighted by atomic mass is 10.1. The van der Waals surface area contributed by atoms with E-state index in [1.165, 1.54) is 0 Å². The van der Waals surface area contributed by atoms with Crippen molar-refractivity contribution >= 4 is 38.2 Å². The second-order valence-electron chi connectivity index (χ2n) is 8.90. The van der Waals surface area contributed by atoms with Crippen LogP contribution in [0.15, 0.2) is 65.7 Å². The summed E-state index contributed by atoms with van der Waals surface area (Å²) in [6.07, 6.45) is 3.56. The van der Waals surface area contributed by atoms with Crippen LogP contribution >= 0.6 is 0 Å². The third-order valence-electron chi connectivity index (χ3n) is 6.31. The summed E-state index contributed by atoms with van der Waals surface area (Å²) < 4.78 is 28.1. The fourth-order valence-corrected chi connectivity index (χ4v) is 5.02. The van der Waals surface area contributed by atoms with Crippen LogP contribution < -0.4 is 5.32 Å². The van der Waals surface area contributed by atoms with Gasteiger partial charge in [0.15, 0.2) is 21.3 Å². The third kappa shape index (κ3) is 4.22. The molecule has 0 saturated heterocycles. The number of aromatic nitrogens is 6. The van der Waals surface area contributed by atoms with Crippen LogP contribution in [0.2, 0.25) is 0 Å². The Morgan fingerprint density at radius 2 is 1.92 bits per heavy atom. The molecule has 0 unspecified atom stereocenters. The molecular weight excluding hydrogens is 478 g/mol. The quantitative estimate of drug-likeness (QED) is 0.363. The van der Waals surface area contributed by atoms with Crippen LogP contribution in [0.5, 0.6) is 0 Å². The molecule has 1 aliphatic rings. The zero-order valence-electron chi connectivity index (χ0n) is 19.5. The lowest BCUT2D eigenvalue weighted by molar-refractivity contribution is -0.117. The maximum absolute atomic E-state index is 12.3. The number of nitrogens with one attached hydrogen (secondary N) is 1. The highest BCUT2D eigenvalue weighted by Crippen LogP contribution is 2.30. The van der Waals surface area contributed by atoms with Crippen molar-refractivity contribution in [2.75, 3.05) is 11.1 Å². The van der Waals surface area contributed by atoms with Gasteiger partial charge < -0.3 is 5.32 Å². The second-order valence-corrected chi connectivity index (χ2v) is 11.2. The van der Waals surface area contributed by atoms with E-state index in [9.17, 15) is 13.2 Å². The van der Waals surface area contributed by atoms with Crippen LogP contribution in [-0.4, -0.2) is 49.7 Å². The molecule has 0 radical (unpaired) electrons. The van der Waals surface area contributed by atoms with E-state index in [0.29, 0.717) is 22.9 Å². The number of hydrogen-bond acceptors (Lipinski definition) is 7. The van der Waals surface area contributed by atoms with E-state index < -0.39 is 9.84 Å². The normalized spacial score (nSPS) is 13.9. The Morgan fingerprint density at radius 3 is 2.72 bits per heavy atom. The van der Waals surface area contributed by atoms with Gasteiger partial charge in [0.1, 0.15) is 5.52 Å². The molecule has 10 nitrogen and oxygen atoms in total. The van der Waals surface area contributed by atoms with Crippen LogP contribution in [0.4, 0.5) is 5.82 Å². The van der Waals surface area contributed by atoms with E-state index >= 15 is 0 Å². The number of hydrogen-bond donors (Lipinski definition) is 1. The molecule has 36 heavy (non-hydrogen) atoms. The van der Waals surface area contributed by atoms with Crippen LogP contribution in [0.1, 0.15) is 25.5 Å². The maximum Gasteiger partial charge on any atom is 0.228 e. The molecule has 3 heterocycles. The first-order chi connectivity index (χ1) is 17.4. The molecular formula is C25H23N7O3S. The smallest absolute Gasteiger partial charge is 0.228 e. The number of rotatable bonds is 7. The molecule has 1 saturated carbocycles. The summed E-state index contributed by atoms with van der Waals surface area (Å²) >= 11 is 0. The lowest BCUT2D eigenvalue weighted by Crippen LogP contribution is -2.13. The van der Waals surface area contributed by atoms with Gasteiger partial charge in [-0.15, -0.1) is 5.10 Å².